The number of aryl methyl sites for hydroxylation is 4. The lowest BCUT2D eigenvalue weighted by Gasteiger charge is -2.22. The van der Waals surface area contributed by atoms with Crippen LogP contribution in [0.1, 0.15) is 87.8 Å². The second kappa shape index (κ2) is 13.7. The minimum atomic E-state index is -0.844. The van der Waals surface area contributed by atoms with Gasteiger partial charge in [-0.25, -0.2) is 0 Å². The van der Waals surface area contributed by atoms with Crippen molar-refractivity contribution in [1.82, 2.24) is 0 Å². The number of benzene rings is 2. The summed E-state index contributed by atoms with van der Waals surface area (Å²) in [5.74, 6) is -1.21. The highest BCUT2D eigenvalue weighted by atomic mass is 16.4. The molecule has 0 aromatic heterocycles. The summed E-state index contributed by atoms with van der Waals surface area (Å²) in [6.07, 6.45) is 0.818. The average Bonchev–Trinajstić information content (AvgIpc) is 2.74. The molecule has 4 N–H and O–H groups in total. The van der Waals surface area contributed by atoms with Gasteiger partial charge in [-0.1, -0.05) is 76.9 Å². The number of carboxylic acid groups (broad SMARTS) is 2. The molecular formula is C30H44O6. The van der Waals surface area contributed by atoms with Gasteiger partial charge in [0, 0.05) is 12.8 Å². The van der Waals surface area contributed by atoms with Gasteiger partial charge in [-0.3, -0.25) is 9.59 Å². The van der Waals surface area contributed by atoms with Crippen molar-refractivity contribution in [3.63, 3.8) is 0 Å². The number of rotatable bonds is 6. The van der Waals surface area contributed by atoms with Crippen molar-refractivity contribution in [3.8, 4) is 11.5 Å². The number of phenols is 2. The fourth-order valence-electron chi connectivity index (χ4n) is 3.72. The van der Waals surface area contributed by atoms with Crippen molar-refractivity contribution in [2.75, 3.05) is 0 Å². The first kappa shape index (κ1) is 32.7. The summed E-state index contributed by atoms with van der Waals surface area (Å²) in [4.78, 5) is 21.1. The van der Waals surface area contributed by atoms with Crippen LogP contribution in [0, 0.1) is 13.8 Å². The van der Waals surface area contributed by atoms with Gasteiger partial charge in [0.15, 0.2) is 0 Å². The number of aliphatic carboxylic acids is 2. The second-order valence-electron chi connectivity index (χ2n) is 10.9. The van der Waals surface area contributed by atoms with Gasteiger partial charge in [-0.2, -0.15) is 0 Å². The molecule has 36 heavy (non-hydrogen) atoms. The van der Waals surface area contributed by atoms with Crippen LogP contribution in [-0.4, -0.2) is 32.4 Å². The first-order valence-electron chi connectivity index (χ1n) is 12.0. The summed E-state index contributed by atoms with van der Waals surface area (Å²) in [6.45, 7) is 22.1. The summed E-state index contributed by atoms with van der Waals surface area (Å²) in [5, 5.41) is 37.7. The molecule has 0 fully saturated rings. The molecule has 0 spiro atoms. The van der Waals surface area contributed by atoms with Gasteiger partial charge in [0.2, 0.25) is 0 Å². The SMILES string of the molecule is C=C.Cc1cc(CCC(=O)O)c(O)c(C(C)(C)C)c1.Cc1cc(CCC(=O)O)c(O)c(C(C)(C)C)c1. The van der Waals surface area contributed by atoms with Crippen LogP contribution < -0.4 is 0 Å². The smallest absolute Gasteiger partial charge is 0.303 e. The summed E-state index contributed by atoms with van der Waals surface area (Å²) in [5.41, 5.74) is 4.99. The highest BCUT2D eigenvalue weighted by Crippen LogP contribution is 2.36. The van der Waals surface area contributed by atoms with Gasteiger partial charge in [-0.15, -0.1) is 13.2 Å². The second-order valence-corrected chi connectivity index (χ2v) is 10.9. The molecule has 6 heteroatoms. The van der Waals surface area contributed by atoms with E-state index in [1.165, 1.54) is 0 Å². The lowest BCUT2D eigenvalue weighted by molar-refractivity contribution is -0.138. The van der Waals surface area contributed by atoms with Crippen LogP contribution in [0.4, 0.5) is 0 Å². The molecule has 0 bridgehead atoms. The van der Waals surface area contributed by atoms with Crippen LogP contribution in [0.25, 0.3) is 0 Å². The van der Waals surface area contributed by atoms with Crippen LogP contribution in [-0.2, 0) is 33.3 Å². The molecule has 0 amide bonds. The van der Waals surface area contributed by atoms with Crippen molar-refractivity contribution in [2.45, 2.75) is 91.9 Å². The molecule has 0 unspecified atom stereocenters. The highest BCUT2D eigenvalue weighted by Gasteiger charge is 2.22. The number of hydrogen-bond acceptors (Lipinski definition) is 4. The molecule has 0 saturated carbocycles. The molecule has 2 aromatic rings. The van der Waals surface area contributed by atoms with Crippen LogP contribution in [0.2, 0.25) is 0 Å². The van der Waals surface area contributed by atoms with Crippen molar-refractivity contribution in [2.24, 2.45) is 0 Å². The monoisotopic (exact) mass is 500 g/mol. The van der Waals surface area contributed by atoms with Crippen LogP contribution in [0.5, 0.6) is 11.5 Å². The Bertz CT molecular complexity index is 955. The first-order valence-corrected chi connectivity index (χ1v) is 12.0. The Morgan fingerprint density at radius 3 is 1.17 bits per heavy atom. The summed E-state index contributed by atoms with van der Waals surface area (Å²) >= 11 is 0. The molecule has 0 aliphatic carbocycles. The molecule has 0 radical (unpaired) electrons. The molecule has 0 atom stereocenters. The number of aromatic hydroxyl groups is 2. The largest absolute Gasteiger partial charge is 0.507 e. The van der Waals surface area contributed by atoms with E-state index in [9.17, 15) is 19.8 Å². The van der Waals surface area contributed by atoms with Gasteiger partial charge < -0.3 is 20.4 Å². The molecule has 2 aromatic carbocycles. The van der Waals surface area contributed by atoms with Gasteiger partial charge in [-0.05, 0) is 59.8 Å². The van der Waals surface area contributed by atoms with E-state index in [-0.39, 0.29) is 35.2 Å². The average molecular weight is 501 g/mol. The van der Waals surface area contributed by atoms with E-state index >= 15 is 0 Å². The number of carbonyl (C=O) groups is 2. The van der Waals surface area contributed by atoms with E-state index in [0.29, 0.717) is 12.8 Å². The molecule has 6 nitrogen and oxygen atoms in total. The van der Waals surface area contributed by atoms with E-state index in [0.717, 1.165) is 33.4 Å². The fourth-order valence-corrected chi connectivity index (χ4v) is 3.72. The summed E-state index contributed by atoms with van der Waals surface area (Å²) in [6, 6.07) is 7.63. The normalized spacial score (nSPS) is 11.0. The number of carboxylic acids is 2. The topological polar surface area (TPSA) is 115 Å². The Labute approximate surface area is 216 Å². The lowest BCUT2D eigenvalue weighted by atomic mass is 9.83. The third-order valence-corrected chi connectivity index (χ3v) is 5.50. The maximum absolute atomic E-state index is 10.6. The van der Waals surface area contributed by atoms with Crippen molar-refractivity contribution >= 4 is 11.9 Å². The van der Waals surface area contributed by atoms with Crippen LogP contribution in [0.15, 0.2) is 37.4 Å². The number of phenolic OH excluding ortho intramolecular Hbond substituents is 2. The van der Waals surface area contributed by atoms with Crippen molar-refractivity contribution in [1.29, 1.82) is 0 Å². The minimum Gasteiger partial charge on any atom is -0.507 e. The van der Waals surface area contributed by atoms with Crippen molar-refractivity contribution in [3.05, 3.63) is 70.8 Å². The van der Waals surface area contributed by atoms with E-state index in [2.05, 4.69) is 13.2 Å². The van der Waals surface area contributed by atoms with Gasteiger partial charge >= 0.3 is 11.9 Å². The molecule has 200 valence electrons. The highest BCUT2D eigenvalue weighted by molar-refractivity contribution is 5.68. The van der Waals surface area contributed by atoms with Gasteiger partial charge in [0.25, 0.3) is 0 Å². The standard InChI is InChI=1S/2C14H20O3.C2H4/c2*1-9-7-10(5-6-12(15)16)13(17)11(8-9)14(2,3)4;1-2/h2*7-8,17H,5-6H2,1-4H3,(H,15,16);1-2H2. The van der Waals surface area contributed by atoms with Gasteiger partial charge in [0.05, 0.1) is 0 Å². The Kier molecular flexibility index (Phi) is 12.5. The lowest BCUT2D eigenvalue weighted by Crippen LogP contribution is -2.13. The molecular weight excluding hydrogens is 456 g/mol. The summed E-state index contributed by atoms with van der Waals surface area (Å²) < 4.78 is 0. The first-order chi connectivity index (χ1) is 16.4. The Hall–Kier alpha value is -3.28. The molecule has 0 aliphatic rings. The Balaban J connectivity index is 0.000000637. The summed E-state index contributed by atoms with van der Waals surface area (Å²) in [7, 11) is 0. The van der Waals surface area contributed by atoms with Gasteiger partial charge in [0.1, 0.15) is 11.5 Å². The molecule has 0 heterocycles. The maximum Gasteiger partial charge on any atom is 0.303 e. The van der Waals surface area contributed by atoms with E-state index in [1.54, 1.807) is 0 Å². The molecule has 0 aliphatic heterocycles. The number of hydrogen-bond donors (Lipinski definition) is 4. The quantitative estimate of drug-likeness (QED) is 0.323. The zero-order valence-electron chi connectivity index (χ0n) is 23.2. The van der Waals surface area contributed by atoms with Crippen molar-refractivity contribution < 1.29 is 30.0 Å². The Morgan fingerprint density at radius 2 is 0.944 bits per heavy atom. The van der Waals surface area contributed by atoms with Crippen LogP contribution in [0.3, 0.4) is 0 Å². The third kappa shape index (κ3) is 10.5. The van der Waals surface area contributed by atoms with E-state index in [1.807, 2.05) is 79.7 Å². The predicted molar refractivity (Wildman–Crippen MR) is 146 cm³/mol. The minimum absolute atomic E-state index is 0.0423. The Morgan fingerprint density at radius 1 is 0.667 bits per heavy atom. The fraction of sp³-hybridized carbons (Fsp3) is 0.467. The van der Waals surface area contributed by atoms with Crippen LogP contribution >= 0.6 is 0 Å². The van der Waals surface area contributed by atoms with E-state index in [4.69, 9.17) is 10.2 Å². The third-order valence-electron chi connectivity index (χ3n) is 5.50. The molecule has 2 rings (SSSR count). The molecule has 0 saturated heterocycles. The maximum atomic E-state index is 10.6. The zero-order valence-corrected chi connectivity index (χ0v) is 23.2. The predicted octanol–water partition coefficient (Wildman–Crippen LogP) is 6.83. The van der Waals surface area contributed by atoms with E-state index < -0.39 is 11.9 Å². The zero-order chi connectivity index (χ0) is 28.4.